The Hall–Kier alpha value is -4.72. The van der Waals surface area contributed by atoms with Crippen LogP contribution >= 0.6 is 0 Å². The third kappa shape index (κ3) is 8.16. The Labute approximate surface area is 221 Å². The number of hydrogen-bond donors (Lipinski definition) is 0. The largest absolute Gasteiger partial charge is 0.457 e. The molecular weight excluding hydrogens is 488 g/mol. The topological polar surface area (TPSA) is 105 Å². The van der Waals surface area contributed by atoms with Gasteiger partial charge in [0.15, 0.2) is 11.5 Å². The zero-order valence-corrected chi connectivity index (χ0v) is 22.0. The molecule has 198 valence electrons. The number of carbonyl (C=O) groups excluding carboxylic acids is 4. The maximum Gasteiger partial charge on any atom is 0.338 e. The van der Waals surface area contributed by atoms with Crippen molar-refractivity contribution in [1.82, 2.24) is 0 Å². The lowest BCUT2D eigenvalue weighted by molar-refractivity contribution is -0.140. The van der Waals surface area contributed by atoms with Gasteiger partial charge in [-0.05, 0) is 68.1 Å². The number of ether oxygens (including phenoxy) is 4. The van der Waals surface area contributed by atoms with Gasteiger partial charge in [0.2, 0.25) is 0 Å². The number of rotatable bonds is 11. The maximum absolute atomic E-state index is 12.3. The molecule has 2 aromatic rings. The number of benzene rings is 2. The predicted octanol–water partition coefficient (Wildman–Crippen LogP) is 5.56. The van der Waals surface area contributed by atoms with E-state index < -0.39 is 23.9 Å². The highest BCUT2D eigenvalue weighted by molar-refractivity contribution is 5.91. The summed E-state index contributed by atoms with van der Waals surface area (Å²) in [5.74, 6) is -2.52. The van der Waals surface area contributed by atoms with Gasteiger partial charge in [-0.3, -0.25) is 0 Å². The minimum absolute atomic E-state index is 0.00920. The van der Waals surface area contributed by atoms with Crippen LogP contribution in [0.2, 0.25) is 0 Å². The van der Waals surface area contributed by atoms with Gasteiger partial charge in [0.1, 0.15) is 13.2 Å². The van der Waals surface area contributed by atoms with Crippen molar-refractivity contribution in [2.24, 2.45) is 0 Å². The molecule has 8 heteroatoms. The Balaban J connectivity index is 2.55. The van der Waals surface area contributed by atoms with Crippen LogP contribution in [0, 0.1) is 0 Å². The van der Waals surface area contributed by atoms with Gasteiger partial charge in [0.05, 0.1) is 0 Å². The molecule has 0 radical (unpaired) electrons. The van der Waals surface area contributed by atoms with Crippen molar-refractivity contribution in [3.8, 4) is 22.6 Å². The molecule has 0 saturated heterocycles. The smallest absolute Gasteiger partial charge is 0.338 e. The predicted molar refractivity (Wildman–Crippen MR) is 142 cm³/mol. The van der Waals surface area contributed by atoms with E-state index in [2.05, 4.69) is 26.3 Å². The van der Waals surface area contributed by atoms with Crippen molar-refractivity contribution >= 4 is 23.9 Å². The maximum atomic E-state index is 12.3. The molecule has 0 heterocycles. The monoisotopic (exact) mass is 518 g/mol. The fourth-order valence-corrected chi connectivity index (χ4v) is 2.89. The molecule has 0 spiro atoms. The second kappa shape index (κ2) is 13.0. The first-order valence-corrected chi connectivity index (χ1v) is 11.5. The van der Waals surface area contributed by atoms with Crippen molar-refractivity contribution < 1.29 is 38.1 Å². The van der Waals surface area contributed by atoms with E-state index in [1.807, 2.05) is 0 Å². The van der Waals surface area contributed by atoms with E-state index in [9.17, 15) is 19.2 Å². The normalized spacial score (nSPS) is 10.1. The summed E-state index contributed by atoms with van der Waals surface area (Å²) < 4.78 is 21.3. The molecule has 0 atom stereocenters. The van der Waals surface area contributed by atoms with Crippen molar-refractivity contribution in [2.45, 2.75) is 40.9 Å². The summed E-state index contributed by atoms with van der Waals surface area (Å²) in [5, 5.41) is 0. The second-order valence-electron chi connectivity index (χ2n) is 8.71. The van der Waals surface area contributed by atoms with E-state index in [0.29, 0.717) is 22.3 Å². The Morgan fingerprint density at radius 2 is 1.11 bits per heavy atom. The van der Waals surface area contributed by atoms with Crippen LogP contribution in [0.15, 0.2) is 85.0 Å². The van der Waals surface area contributed by atoms with Crippen molar-refractivity contribution in [3.63, 3.8) is 0 Å². The summed E-state index contributed by atoms with van der Waals surface area (Å²) in [6.07, 6.45) is 0. The molecule has 0 aromatic heterocycles. The van der Waals surface area contributed by atoms with Gasteiger partial charge in [-0.1, -0.05) is 44.5 Å². The molecule has 8 nitrogen and oxygen atoms in total. The first kappa shape index (κ1) is 29.5. The molecule has 2 aromatic carbocycles. The van der Waals surface area contributed by atoms with Crippen LogP contribution in [0.4, 0.5) is 0 Å². The first-order valence-electron chi connectivity index (χ1n) is 11.5. The number of hydrogen-bond acceptors (Lipinski definition) is 8. The van der Waals surface area contributed by atoms with Gasteiger partial charge in [0.25, 0.3) is 0 Å². The van der Waals surface area contributed by atoms with E-state index in [1.165, 1.54) is 32.9 Å². The van der Waals surface area contributed by atoms with Crippen molar-refractivity contribution in [1.29, 1.82) is 0 Å². The summed E-state index contributed by atoms with van der Waals surface area (Å²) in [7, 11) is 0. The summed E-state index contributed by atoms with van der Waals surface area (Å²) in [6.45, 7) is 20.2. The second-order valence-corrected chi connectivity index (χ2v) is 8.71. The first-order chi connectivity index (χ1) is 17.8. The van der Waals surface area contributed by atoms with Gasteiger partial charge in [-0.15, -0.1) is 0 Å². The zero-order valence-electron chi connectivity index (χ0n) is 22.0. The van der Waals surface area contributed by atoms with Crippen LogP contribution in [0.5, 0.6) is 11.5 Å². The lowest BCUT2D eigenvalue weighted by Gasteiger charge is -2.16. The highest BCUT2D eigenvalue weighted by Crippen LogP contribution is 2.35. The molecule has 38 heavy (non-hydrogen) atoms. The average Bonchev–Trinajstić information content (AvgIpc) is 2.86. The average molecular weight is 519 g/mol. The molecule has 0 N–H and O–H groups in total. The minimum atomic E-state index is -0.708. The highest BCUT2D eigenvalue weighted by Gasteiger charge is 2.18. The van der Waals surface area contributed by atoms with Crippen LogP contribution < -0.4 is 9.47 Å². The minimum Gasteiger partial charge on any atom is -0.457 e. The molecule has 0 saturated carbocycles. The van der Waals surface area contributed by atoms with E-state index >= 15 is 0 Å². The van der Waals surface area contributed by atoms with Gasteiger partial charge in [0, 0.05) is 22.3 Å². The molecule has 0 amide bonds. The van der Waals surface area contributed by atoms with Crippen LogP contribution in [0.3, 0.4) is 0 Å². The number of esters is 4. The quantitative estimate of drug-likeness (QED) is 0.216. The van der Waals surface area contributed by atoms with Crippen molar-refractivity contribution in [3.05, 3.63) is 96.1 Å². The van der Waals surface area contributed by atoms with Gasteiger partial charge in [-0.2, -0.15) is 0 Å². The van der Waals surface area contributed by atoms with Gasteiger partial charge in [-0.25, -0.2) is 19.2 Å². The molecule has 0 bridgehead atoms. The summed E-state index contributed by atoms with van der Waals surface area (Å²) in [4.78, 5) is 48.2. The lowest BCUT2D eigenvalue weighted by atomic mass is 9.97. The molecule has 0 aliphatic heterocycles. The fraction of sp³-hybridized carbons (Fsp3) is 0.200. The van der Waals surface area contributed by atoms with E-state index in [0.717, 1.165) is 0 Å². The lowest BCUT2D eigenvalue weighted by Crippen LogP contribution is -2.13. The van der Waals surface area contributed by atoms with E-state index in [4.69, 9.17) is 18.9 Å². The van der Waals surface area contributed by atoms with Gasteiger partial charge >= 0.3 is 23.9 Å². The summed E-state index contributed by atoms with van der Waals surface area (Å²) in [6, 6.07) is 9.85. The summed E-state index contributed by atoms with van der Waals surface area (Å²) in [5.41, 5.74) is 3.22. The Morgan fingerprint density at radius 1 is 0.605 bits per heavy atom. The molecule has 2 rings (SSSR count). The third-order valence-corrected chi connectivity index (χ3v) is 4.95. The molecule has 0 fully saturated rings. The molecule has 0 aliphatic carbocycles. The Kier molecular flexibility index (Phi) is 10.1. The fourth-order valence-electron chi connectivity index (χ4n) is 2.89. The Bertz CT molecular complexity index is 1350. The molecule has 0 unspecified atom stereocenters. The molecule has 0 aliphatic rings. The van der Waals surface area contributed by atoms with Crippen LogP contribution in [-0.2, 0) is 41.9 Å². The zero-order chi connectivity index (χ0) is 28.6. The van der Waals surface area contributed by atoms with E-state index in [1.54, 1.807) is 31.2 Å². The standard InChI is InChI=1S/C30H30O8/c1-17(2)27(31)35-15-21-9-11-24(23(13-21)16-36-28(32)18(3)4)22-10-12-25(37-29(33)19(5)6)26(14-22)38-30(34)20(7)8/h9-14H,1,3,5,7,15-16H2,2,4,6,8H3. The van der Waals surface area contributed by atoms with Crippen molar-refractivity contribution in [2.75, 3.05) is 0 Å². The SMILES string of the molecule is C=C(C)C(=O)OCc1ccc(-c2ccc(OC(=O)C(=C)C)c(OC(=O)C(=C)C)c2)c(COC(=O)C(=C)C)c1. The molecular formula is C30H30O8. The highest BCUT2D eigenvalue weighted by atomic mass is 16.6. The van der Waals surface area contributed by atoms with Crippen LogP contribution in [0.1, 0.15) is 38.8 Å². The number of carbonyl (C=O) groups is 4. The third-order valence-electron chi connectivity index (χ3n) is 4.95. The Morgan fingerprint density at radius 3 is 1.63 bits per heavy atom. The summed E-state index contributed by atoms with van der Waals surface area (Å²) >= 11 is 0. The van der Waals surface area contributed by atoms with Gasteiger partial charge < -0.3 is 18.9 Å². The van der Waals surface area contributed by atoms with Crippen LogP contribution in [0.25, 0.3) is 11.1 Å². The van der Waals surface area contributed by atoms with E-state index in [-0.39, 0.29) is 47.0 Å². The van der Waals surface area contributed by atoms with Crippen LogP contribution in [-0.4, -0.2) is 23.9 Å².